The van der Waals surface area contributed by atoms with Crippen LogP contribution in [0.15, 0.2) is 40.8 Å². The number of ether oxygens (including phenoxy) is 1. The molecule has 1 heterocycles. The van der Waals surface area contributed by atoms with Crippen LogP contribution in [0.5, 0.6) is 0 Å². The van der Waals surface area contributed by atoms with Gasteiger partial charge in [-0.15, -0.1) is 0 Å². The van der Waals surface area contributed by atoms with Gasteiger partial charge >= 0.3 is 5.97 Å². The number of hydrogen-bond donors (Lipinski definition) is 2. The van der Waals surface area contributed by atoms with Gasteiger partial charge in [-0.05, 0) is 30.2 Å². The fourth-order valence-corrected chi connectivity index (χ4v) is 2.07. The van der Waals surface area contributed by atoms with Gasteiger partial charge in [-0.25, -0.2) is 4.79 Å². The van der Waals surface area contributed by atoms with Crippen LogP contribution < -0.4 is 5.32 Å². The van der Waals surface area contributed by atoms with E-state index in [1.165, 1.54) is 6.07 Å². The monoisotopic (exact) mass is 289 g/mol. The lowest BCUT2D eigenvalue weighted by atomic mass is 10.1. The number of nitrogens with one attached hydrogen (secondary N) is 1. The van der Waals surface area contributed by atoms with Gasteiger partial charge in [-0.2, -0.15) is 0 Å². The lowest BCUT2D eigenvalue weighted by molar-refractivity contribution is 0.0659. The topological polar surface area (TPSA) is 71.7 Å². The average Bonchev–Trinajstić information content (AvgIpc) is 2.96. The molecule has 0 amide bonds. The van der Waals surface area contributed by atoms with Crippen molar-refractivity contribution in [3.05, 3.63) is 59.0 Å². The molecule has 0 saturated carbocycles. The van der Waals surface area contributed by atoms with Crippen LogP contribution in [0.3, 0.4) is 0 Å². The molecular formula is C16H19NO4. The Kier molecular flexibility index (Phi) is 5.14. The molecule has 0 aliphatic carbocycles. The van der Waals surface area contributed by atoms with E-state index < -0.39 is 5.97 Å². The summed E-state index contributed by atoms with van der Waals surface area (Å²) in [6.45, 7) is 3.19. The first-order valence-electron chi connectivity index (χ1n) is 6.73. The van der Waals surface area contributed by atoms with Gasteiger partial charge in [0.15, 0.2) is 0 Å². The summed E-state index contributed by atoms with van der Waals surface area (Å²) >= 11 is 0. The fourth-order valence-electron chi connectivity index (χ4n) is 2.07. The standard InChI is InChI=1S/C16H19NO4/c1-11(14-6-7-15(21-14)16(18)19)17-9-12-4-3-5-13(8-12)10-20-2/h3-8,11,17H,9-10H2,1-2H3,(H,18,19). The van der Waals surface area contributed by atoms with Crippen molar-refractivity contribution in [3.63, 3.8) is 0 Å². The van der Waals surface area contributed by atoms with Gasteiger partial charge in [0.25, 0.3) is 0 Å². The molecule has 2 rings (SSSR count). The smallest absolute Gasteiger partial charge is 0.371 e. The van der Waals surface area contributed by atoms with Crippen LogP contribution in [0.25, 0.3) is 0 Å². The van der Waals surface area contributed by atoms with Crippen molar-refractivity contribution in [3.8, 4) is 0 Å². The summed E-state index contributed by atoms with van der Waals surface area (Å²) in [5.41, 5.74) is 2.26. The molecule has 112 valence electrons. The van der Waals surface area contributed by atoms with Crippen LogP contribution in [0.2, 0.25) is 0 Å². The van der Waals surface area contributed by atoms with Gasteiger partial charge in [0, 0.05) is 13.7 Å². The Labute approximate surface area is 123 Å². The van der Waals surface area contributed by atoms with Crippen LogP contribution in [0, 0.1) is 0 Å². The highest BCUT2D eigenvalue weighted by atomic mass is 16.5. The van der Waals surface area contributed by atoms with Crippen LogP contribution in [0.1, 0.15) is 40.4 Å². The number of hydrogen-bond acceptors (Lipinski definition) is 4. The maximum absolute atomic E-state index is 10.8. The van der Waals surface area contributed by atoms with Crippen molar-refractivity contribution < 1.29 is 19.1 Å². The lowest BCUT2D eigenvalue weighted by Gasteiger charge is -2.12. The Bertz CT molecular complexity index is 606. The number of carbonyl (C=O) groups is 1. The molecule has 0 radical (unpaired) electrons. The molecule has 0 aliphatic rings. The summed E-state index contributed by atoms with van der Waals surface area (Å²) in [5.74, 6) is -0.484. The third-order valence-corrected chi connectivity index (χ3v) is 3.18. The second-order valence-electron chi connectivity index (χ2n) is 4.86. The van der Waals surface area contributed by atoms with E-state index in [2.05, 4.69) is 11.4 Å². The molecule has 5 heteroatoms. The van der Waals surface area contributed by atoms with Gasteiger partial charge in [-0.3, -0.25) is 0 Å². The van der Waals surface area contributed by atoms with Crippen molar-refractivity contribution in [2.24, 2.45) is 0 Å². The summed E-state index contributed by atoms with van der Waals surface area (Å²) in [6.07, 6.45) is 0. The van der Waals surface area contributed by atoms with E-state index in [1.807, 2.05) is 25.1 Å². The van der Waals surface area contributed by atoms with Crippen LogP contribution >= 0.6 is 0 Å². The molecule has 0 aliphatic heterocycles. The van der Waals surface area contributed by atoms with E-state index in [4.69, 9.17) is 14.3 Å². The summed E-state index contributed by atoms with van der Waals surface area (Å²) in [4.78, 5) is 10.8. The zero-order chi connectivity index (χ0) is 15.2. The van der Waals surface area contributed by atoms with Crippen molar-refractivity contribution in [2.45, 2.75) is 26.1 Å². The number of aromatic carboxylic acids is 1. The van der Waals surface area contributed by atoms with Crippen molar-refractivity contribution in [2.75, 3.05) is 7.11 Å². The van der Waals surface area contributed by atoms with Crippen LogP contribution in [-0.2, 0) is 17.9 Å². The van der Waals surface area contributed by atoms with Crippen molar-refractivity contribution >= 4 is 5.97 Å². The minimum absolute atomic E-state index is 0.0410. The molecule has 1 unspecified atom stereocenters. The SMILES string of the molecule is COCc1cccc(CNC(C)c2ccc(C(=O)O)o2)c1. The Balaban J connectivity index is 1.95. The highest BCUT2D eigenvalue weighted by Crippen LogP contribution is 2.17. The van der Waals surface area contributed by atoms with E-state index in [-0.39, 0.29) is 11.8 Å². The molecular weight excluding hydrogens is 270 g/mol. The number of rotatable bonds is 7. The Morgan fingerprint density at radius 1 is 1.33 bits per heavy atom. The van der Waals surface area contributed by atoms with Crippen LogP contribution in [-0.4, -0.2) is 18.2 Å². The third kappa shape index (κ3) is 4.18. The molecule has 2 N–H and O–H groups in total. The largest absolute Gasteiger partial charge is 0.475 e. The zero-order valence-electron chi connectivity index (χ0n) is 12.1. The molecule has 1 aromatic heterocycles. The van der Waals surface area contributed by atoms with E-state index in [9.17, 15) is 4.79 Å². The molecule has 1 aromatic carbocycles. The number of furan rings is 1. The third-order valence-electron chi connectivity index (χ3n) is 3.18. The molecule has 1 atom stereocenters. The van der Waals surface area contributed by atoms with Gasteiger partial charge in [0.2, 0.25) is 5.76 Å². The van der Waals surface area contributed by atoms with E-state index >= 15 is 0 Å². The van der Waals surface area contributed by atoms with Crippen molar-refractivity contribution in [1.29, 1.82) is 0 Å². The van der Waals surface area contributed by atoms with Crippen molar-refractivity contribution in [1.82, 2.24) is 5.32 Å². The molecule has 2 aromatic rings. The first-order valence-corrected chi connectivity index (χ1v) is 6.73. The number of carboxylic acid groups (broad SMARTS) is 1. The predicted molar refractivity (Wildman–Crippen MR) is 78.1 cm³/mol. The number of benzene rings is 1. The van der Waals surface area contributed by atoms with E-state index in [0.717, 1.165) is 11.1 Å². The normalized spacial score (nSPS) is 12.3. The first-order chi connectivity index (χ1) is 10.1. The molecule has 5 nitrogen and oxygen atoms in total. The van der Waals surface area contributed by atoms with E-state index in [0.29, 0.717) is 18.9 Å². The second kappa shape index (κ2) is 7.06. The Morgan fingerprint density at radius 3 is 2.76 bits per heavy atom. The number of methoxy groups -OCH3 is 1. The molecule has 0 spiro atoms. The average molecular weight is 289 g/mol. The summed E-state index contributed by atoms with van der Waals surface area (Å²) in [7, 11) is 1.67. The van der Waals surface area contributed by atoms with Crippen LogP contribution in [0.4, 0.5) is 0 Å². The van der Waals surface area contributed by atoms with Gasteiger partial charge < -0.3 is 19.6 Å². The fraction of sp³-hybridized carbons (Fsp3) is 0.312. The molecule has 0 bridgehead atoms. The second-order valence-corrected chi connectivity index (χ2v) is 4.86. The minimum atomic E-state index is -1.05. The molecule has 0 saturated heterocycles. The maximum atomic E-state index is 10.8. The molecule has 21 heavy (non-hydrogen) atoms. The number of carboxylic acids is 1. The summed E-state index contributed by atoms with van der Waals surface area (Å²) in [6, 6.07) is 11.2. The van der Waals surface area contributed by atoms with Gasteiger partial charge in [0.05, 0.1) is 12.6 Å². The zero-order valence-corrected chi connectivity index (χ0v) is 12.1. The van der Waals surface area contributed by atoms with Gasteiger partial charge in [0.1, 0.15) is 5.76 Å². The molecule has 0 fully saturated rings. The van der Waals surface area contributed by atoms with E-state index in [1.54, 1.807) is 13.2 Å². The first kappa shape index (κ1) is 15.3. The highest BCUT2D eigenvalue weighted by molar-refractivity contribution is 5.84. The summed E-state index contributed by atoms with van der Waals surface area (Å²) < 4.78 is 10.4. The predicted octanol–water partition coefficient (Wildman–Crippen LogP) is 2.98. The Hall–Kier alpha value is -2.11. The van der Waals surface area contributed by atoms with Gasteiger partial charge in [-0.1, -0.05) is 24.3 Å². The minimum Gasteiger partial charge on any atom is -0.475 e. The Morgan fingerprint density at radius 2 is 2.10 bits per heavy atom. The highest BCUT2D eigenvalue weighted by Gasteiger charge is 2.13. The maximum Gasteiger partial charge on any atom is 0.371 e. The quantitative estimate of drug-likeness (QED) is 0.820. The summed E-state index contributed by atoms with van der Waals surface area (Å²) in [5, 5.41) is 12.2. The lowest BCUT2D eigenvalue weighted by Crippen LogP contribution is -2.17.